The number of benzene rings is 1. The van der Waals surface area contributed by atoms with Gasteiger partial charge in [0.15, 0.2) is 6.10 Å². The molecule has 1 aromatic carbocycles. The van der Waals surface area contributed by atoms with Crippen LogP contribution < -0.4 is 10.5 Å². The van der Waals surface area contributed by atoms with E-state index in [1.165, 1.54) is 18.2 Å². The molecule has 1 rings (SSSR count). The molecule has 5 heteroatoms. The zero-order valence-electron chi connectivity index (χ0n) is 11.5. The van der Waals surface area contributed by atoms with Gasteiger partial charge in [-0.2, -0.15) is 0 Å². The summed E-state index contributed by atoms with van der Waals surface area (Å²) in [7, 11) is 0. The second-order valence-corrected chi connectivity index (χ2v) is 4.24. The van der Waals surface area contributed by atoms with Crippen LogP contribution in [-0.4, -0.2) is 18.7 Å². The molecule has 0 aliphatic heterocycles. The van der Waals surface area contributed by atoms with Crippen LogP contribution in [0.1, 0.15) is 38.8 Å². The van der Waals surface area contributed by atoms with Gasteiger partial charge in [-0.3, -0.25) is 0 Å². The molecule has 0 aromatic heterocycles. The third kappa shape index (κ3) is 4.21. The summed E-state index contributed by atoms with van der Waals surface area (Å²) in [6, 6.07) is 3.69. The molecule has 0 saturated heterocycles. The molecule has 0 aliphatic rings. The Morgan fingerprint density at radius 2 is 2.11 bits per heavy atom. The van der Waals surface area contributed by atoms with Crippen LogP contribution in [0, 0.1) is 5.82 Å². The summed E-state index contributed by atoms with van der Waals surface area (Å²) < 4.78 is 23.7. The van der Waals surface area contributed by atoms with Crippen LogP contribution in [0.3, 0.4) is 0 Å². The number of halogens is 1. The highest BCUT2D eigenvalue weighted by atomic mass is 19.1. The van der Waals surface area contributed by atoms with E-state index in [-0.39, 0.29) is 11.9 Å². The van der Waals surface area contributed by atoms with Crippen molar-refractivity contribution in [3.05, 3.63) is 29.6 Å². The van der Waals surface area contributed by atoms with Crippen molar-refractivity contribution in [3.8, 4) is 5.75 Å². The van der Waals surface area contributed by atoms with Gasteiger partial charge in [0.25, 0.3) is 0 Å². The van der Waals surface area contributed by atoms with Gasteiger partial charge in [0, 0.05) is 11.6 Å². The molecule has 0 fully saturated rings. The highest BCUT2D eigenvalue weighted by Crippen LogP contribution is 2.26. The topological polar surface area (TPSA) is 61.5 Å². The molecule has 19 heavy (non-hydrogen) atoms. The van der Waals surface area contributed by atoms with E-state index in [4.69, 9.17) is 15.2 Å². The molecule has 0 heterocycles. The normalized spacial score (nSPS) is 13.7. The van der Waals surface area contributed by atoms with E-state index in [2.05, 4.69) is 0 Å². The summed E-state index contributed by atoms with van der Waals surface area (Å²) >= 11 is 0. The fraction of sp³-hybridized carbons (Fsp3) is 0.500. The van der Waals surface area contributed by atoms with E-state index in [1.54, 1.807) is 13.8 Å². The van der Waals surface area contributed by atoms with Gasteiger partial charge in [0.1, 0.15) is 11.6 Å². The van der Waals surface area contributed by atoms with E-state index < -0.39 is 12.1 Å². The van der Waals surface area contributed by atoms with E-state index in [0.717, 1.165) is 0 Å². The summed E-state index contributed by atoms with van der Waals surface area (Å²) in [5.74, 6) is -0.398. The molecule has 0 radical (unpaired) electrons. The lowest BCUT2D eigenvalue weighted by molar-refractivity contribution is -0.151. The number of carbonyl (C=O) groups excluding carboxylic acids is 1. The van der Waals surface area contributed by atoms with Crippen LogP contribution in [0.25, 0.3) is 0 Å². The molecule has 106 valence electrons. The maximum absolute atomic E-state index is 13.2. The van der Waals surface area contributed by atoms with Crippen molar-refractivity contribution in [1.82, 2.24) is 0 Å². The molecule has 1 unspecified atom stereocenters. The van der Waals surface area contributed by atoms with Gasteiger partial charge in [-0.15, -0.1) is 0 Å². The van der Waals surface area contributed by atoms with Gasteiger partial charge in [0.05, 0.1) is 6.61 Å². The van der Waals surface area contributed by atoms with Gasteiger partial charge in [-0.1, -0.05) is 6.92 Å². The van der Waals surface area contributed by atoms with Crippen molar-refractivity contribution in [2.24, 2.45) is 5.73 Å². The minimum atomic E-state index is -0.706. The smallest absolute Gasteiger partial charge is 0.347 e. The summed E-state index contributed by atoms with van der Waals surface area (Å²) in [5, 5.41) is 0. The Morgan fingerprint density at radius 3 is 2.63 bits per heavy atom. The lowest BCUT2D eigenvalue weighted by atomic mass is 10.1. The average Bonchev–Trinajstić information content (AvgIpc) is 2.37. The standard InChI is InChI=1S/C14H20FNO3/c1-4-12(14(17)18-5-2)19-13-7-6-10(15)8-11(13)9(3)16/h6-9,12H,4-5,16H2,1-3H3/t9-,12?/m0/s1. The van der Waals surface area contributed by atoms with E-state index in [1.807, 2.05) is 6.92 Å². The first-order valence-electron chi connectivity index (χ1n) is 6.37. The molecule has 0 bridgehead atoms. The van der Waals surface area contributed by atoms with Gasteiger partial charge in [-0.05, 0) is 38.5 Å². The lowest BCUT2D eigenvalue weighted by Crippen LogP contribution is -2.29. The fourth-order valence-corrected chi connectivity index (χ4v) is 1.67. The molecule has 0 aliphatic carbocycles. The van der Waals surface area contributed by atoms with Crippen LogP contribution in [0.5, 0.6) is 5.75 Å². The molecular weight excluding hydrogens is 249 g/mol. The maximum atomic E-state index is 13.2. The zero-order valence-corrected chi connectivity index (χ0v) is 11.5. The van der Waals surface area contributed by atoms with Crippen LogP contribution in [-0.2, 0) is 9.53 Å². The molecule has 0 amide bonds. The SMILES string of the molecule is CCOC(=O)C(CC)Oc1ccc(F)cc1[C@H](C)N. The van der Waals surface area contributed by atoms with Crippen molar-refractivity contribution < 1.29 is 18.7 Å². The first-order valence-corrected chi connectivity index (χ1v) is 6.37. The van der Waals surface area contributed by atoms with Crippen molar-refractivity contribution in [1.29, 1.82) is 0 Å². The van der Waals surface area contributed by atoms with E-state index in [9.17, 15) is 9.18 Å². The molecule has 2 N–H and O–H groups in total. The predicted molar refractivity (Wildman–Crippen MR) is 70.3 cm³/mol. The van der Waals surface area contributed by atoms with Crippen molar-refractivity contribution in [2.45, 2.75) is 39.3 Å². The Bertz CT molecular complexity index is 435. The monoisotopic (exact) mass is 269 g/mol. The number of rotatable bonds is 6. The number of esters is 1. The number of hydrogen-bond acceptors (Lipinski definition) is 4. The van der Waals surface area contributed by atoms with Crippen LogP contribution in [0.15, 0.2) is 18.2 Å². The van der Waals surface area contributed by atoms with Crippen LogP contribution in [0.4, 0.5) is 4.39 Å². The van der Waals surface area contributed by atoms with Gasteiger partial charge in [-0.25, -0.2) is 9.18 Å². The highest BCUT2D eigenvalue weighted by molar-refractivity contribution is 5.75. The third-order valence-electron chi connectivity index (χ3n) is 2.65. The quantitative estimate of drug-likeness (QED) is 0.806. The van der Waals surface area contributed by atoms with E-state index >= 15 is 0 Å². The highest BCUT2D eigenvalue weighted by Gasteiger charge is 2.21. The van der Waals surface area contributed by atoms with Gasteiger partial charge < -0.3 is 15.2 Å². The summed E-state index contributed by atoms with van der Waals surface area (Å²) in [4.78, 5) is 11.7. The van der Waals surface area contributed by atoms with E-state index in [0.29, 0.717) is 24.3 Å². The molecule has 2 atom stereocenters. The molecule has 0 spiro atoms. The Hall–Kier alpha value is -1.62. The molecule has 0 saturated carbocycles. The van der Waals surface area contributed by atoms with Crippen molar-refractivity contribution in [2.75, 3.05) is 6.61 Å². The fourth-order valence-electron chi connectivity index (χ4n) is 1.67. The second kappa shape index (κ2) is 7.09. The zero-order chi connectivity index (χ0) is 14.4. The minimum Gasteiger partial charge on any atom is -0.478 e. The number of hydrogen-bond donors (Lipinski definition) is 1. The number of ether oxygens (including phenoxy) is 2. The second-order valence-electron chi connectivity index (χ2n) is 4.24. The van der Waals surface area contributed by atoms with Crippen molar-refractivity contribution in [3.63, 3.8) is 0 Å². The summed E-state index contributed by atoms with van der Waals surface area (Å²) in [6.07, 6.45) is -0.239. The first-order chi connectivity index (χ1) is 8.99. The molecule has 4 nitrogen and oxygen atoms in total. The number of carbonyl (C=O) groups is 1. The minimum absolute atomic E-state index is 0.294. The van der Waals surface area contributed by atoms with Gasteiger partial charge in [0.2, 0.25) is 0 Å². The Balaban J connectivity index is 2.93. The van der Waals surface area contributed by atoms with Crippen molar-refractivity contribution >= 4 is 5.97 Å². The first kappa shape index (κ1) is 15.4. The van der Waals surface area contributed by atoms with Crippen LogP contribution >= 0.6 is 0 Å². The predicted octanol–water partition coefficient (Wildman–Crippen LogP) is 2.57. The Labute approximate surface area is 112 Å². The largest absolute Gasteiger partial charge is 0.478 e. The average molecular weight is 269 g/mol. The van der Waals surface area contributed by atoms with Crippen LogP contribution in [0.2, 0.25) is 0 Å². The lowest BCUT2D eigenvalue weighted by Gasteiger charge is -2.19. The Morgan fingerprint density at radius 1 is 1.42 bits per heavy atom. The number of nitrogens with two attached hydrogens (primary N) is 1. The molecule has 1 aromatic rings. The summed E-state index contributed by atoms with van der Waals surface area (Å²) in [5.41, 5.74) is 6.30. The van der Waals surface area contributed by atoms with Gasteiger partial charge >= 0.3 is 5.97 Å². The summed E-state index contributed by atoms with van der Waals surface area (Å²) in [6.45, 7) is 5.57. The Kier molecular flexibility index (Phi) is 5.76. The third-order valence-corrected chi connectivity index (χ3v) is 2.65. The molecular formula is C14H20FNO3. The maximum Gasteiger partial charge on any atom is 0.347 e.